The minimum Gasteiger partial charge on any atom is -0.487 e. The average Bonchev–Trinajstić information content (AvgIpc) is 2.56. The smallest absolute Gasteiger partial charge is 0.243 e. The van der Waals surface area contributed by atoms with Gasteiger partial charge in [-0.05, 0) is 48.7 Å². The third kappa shape index (κ3) is 4.05. The van der Waals surface area contributed by atoms with Crippen molar-refractivity contribution in [2.75, 3.05) is 29.0 Å². The zero-order valence-electron chi connectivity index (χ0n) is 15.0. The van der Waals surface area contributed by atoms with E-state index in [0.717, 1.165) is 17.1 Å². The molecule has 2 aromatic carbocycles. The molecule has 1 unspecified atom stereocenters. The molecule has 0 aromatic heterocycles. The predicted molar refractivity (Wildman–Crippen MR) is 102 cm³/mol. The highest BCUT2D eigenvalue weighted by atomic mass is 16.5. The van der Waals surface area contributed by atoms with Crippen LogP contribution in [0.5, 0.6) is 5.75 Å². The number of fused-ring (bicyclic) bond motifs is 1. The summed E-state index contributed by atoms with van der Waals surface area (Å²) >= 11 is 0. The van der Waals surface area contributed by atoms with Crippen LogP contribution in [0.1, 0.15) is 32.3 Å². The molecule has 3 N–H and O–H groups in total. The van der Waals surface area contributed by atoms with Crippen LogP contribution in [0, 0.1) is 0 Å². The highest BCUT2D eigenvalue weighted by molar-refractivity contribution is 5.94. The van der Waals surface area contributed by atoms with E-state index < -0.39 is 0 Å². The number of amides is 1. The van der Waals surface area contributed by atoms with Gasteiger partial charge in [-0.3, -0.25) is 4.79 Å². The Morgan fingerprint density at radius 2 is 2.00 bits per heavy atom. The summed E-state index contributed by atoms with van der Waals surface area (Å²) in [6.07, 6.45) is 0.0225. The summed E-state index contributed by atoms with van der Waals surface area (Å²) in [6.45, 7) is 7.20. The summed E-state index contributed by atoms with van der Waals surface area (Å²) in [7, 11) is 0. The van der Waals surface area contributed by atoms with Gasteiger partial charge in [0.1, 0.15) is 11.9 Å². The van der Waals surface area contributed by atoms with E-state index in [2.05, 4.69) is 19.2 Å². The first-order valence-electron chi connectivity index (χ1n) is 8.63. The molecule has 0 radical (unpaired) electrons. The van der Waals surface area contributed by atoms with Gasteiger partial charge in [-0.2, -0.15) is 0 Å². The van der Waals surface area contributed by atoms with Crippen LogP contribution < -0.4 is 20.7 Å². The number of nitrogen functional groups attached to an aromatic ring is 1. The predicted octanol–water partition coefficient (Wildman–Crippen LogP) is 3.62. The van der Waals surface area contributed by atoms with E-state index in [4.69, 9.17) is 10.5 Å². The summed E-state index contributed by atoms with van der Waals surface area (Å²) in [6, 6.07) is 13.5. The number of nitrogens with zero attached hydrogens (tertiary/aromatic N) is 1. The van der Waals surface area contributed by atoms with Crippen LogP contribution >= 0.6 is 0 Å². The van der Waals surface area contributed by atoms with E-state index in [1.54, 1.807) is 0 Å². The second-order valence-corrected chi connectivity index (χ2v) is 6.86. The highest BCUT2D eigenvalue weighted by Crippen LogP contribution is 2.34. The van der Waals surface area contributed by atoms with Gasteiger partial charge >= 0.3 is 0 Å². The fourth-order valence-corrected chi connectivity index (χ4v) is 3.02. The van der Waals surface area contributed by atoms with Crippen LogP contribution in [-0.4, -0.2) is 25.1 Å². The number of hydrogen-bond acceptors (Lipinski definition) is 4. The van der Waals surface area contributed by atoms with E-state index >= 15 is 0 Å². The number of carbonyl (C=O) groups excluding carboxylic acids is 1. The Morgan fingerprint density at radius 3 is 2.68 bits per heavy atom. The highest BCUT2D eigenvalue weighted by Gasteiger charge is 2.24. The van der Waals surface area contributed by atoms with Crippen molar-refractivity contribution >= 4 is 23.0 Å². The molecular formula is C20H25N3O2. The Hall–Kier alpha value is -2.69. The summed E-state index contributed by atoms with van der Waals surface area (Å²) in [4.78, 5) is 14.5. The van der Waals surface area contributed by atoms with E-state index in [0.29, 0.717) is 18.2 Å². The van der Waals surface area contributed by atoms with Gasteiger partial charge in [-0.1, -0.05) is 26.0 Å². The van der Waals surface area contributed by atoms with Crippen molar-refractivity contribution in [1.82, 2.24) is 0 Å². The number of rotatable bonds is 4. The molecule has 0 bridgehead atoms. The van der Waals surface area contributed by atoms with Crippen molar-refractivity contribution in [1.29, 1.82) is 0 Å². The summed E-state index contributed by atoms with van der Waals surface area (Å²) < 4.78 is 5.82. The summed E-state index contributed by atoms with van der Waals surface area (Å²) in [5.74, 6) is 1.18. The molecule has 132 valence electrons. The SMILES string of the molecule is CC1CN(CC(=O)Nc2ccc(C(C)C)cc2)c2cc(N)ccc2O1. The molecule has 1 aliphatic heterocycles. The van der Waals surface area contributed by atoms with E-state index in [1.807, 2.05) is 54.3 Å². The van der Waals surface area contributed by atoms with Gasteiger partial charge in [0.25, 0.3) is 0 Å². The zero-order chi connectivity index (χ0) is 18.0. The average molecular weight is 339 g/mol. The van der Waals surface area contributed by atoms with Crippen LogP contribution in [0.2, 0.25) is 0 Å². The number of carbonyl (C=O) groups is 1. The van der Waals surface area contributed by atoms with Crippen LogP contribution in [0.15, 0.2) is 42.5 Å². The molecule has 1 atom stereocenters. The third-order valence-corrected chi connectivity index (χ3v) is 4.32. The van der Waals surface area contributed by atoms with Gasteiger partial charge in [0.15, 0.2) is 0 Å². The first-order chi connectivity index (χ1) is 11.9. The number of ether oxygens (including phenoxy) is 1. The molecule has 0 spiro atoms. The molecular weight excluding hydrogens is 314 g/mol. The van der Waals surface area contributed by atoms with Gasteiger partial charge < -0.3 is 20.7 Å². The second kappa shape index (κ2) is 7.05. The second-order valence-electron chi connectivity index (χ2n) is 6.86. The van der Waals surface area contributed by atoms with Crippen LogP contribution in [-0.2, 0) is 4.79 Å². The number of anilines is 3. The number of nitrogens with one attached hydrogen (secondary N) is 1. The lowest BCUT2D eigenvalue weighted by molar-refractivity contribution is -0.115. The number of hydrogen-bond donors (Lipinski definition) is 2. The standard InChI is InChI=1S/C20H25N3O2/c1-13(2)15-4-7-17(8-5-15)22-20(24)12-23-11-14(3)25-19-9-6-16(21)10-18(19)23/h4-10,13-14H,11-12,21H2,1-3H3,(H,22,24). The molecule has 1 heterocycles. The largest absolute Gasteiger partial charge is 0.487 e. The molecule has 1 amide bonds. The van der Waals surface area contributed by atoms with E-state index in [9.17, 15) is 4.79 Å². The molecule has 0 saturated carbocycles. The molecule has 0 aliphatic carbocycles. The number of nitrogens with two attached hydrogens (primary N) is 1. The topological polar surface area (TPSA) is 67.6 Å². The van der Waals surface area contributed by atoms with Gasteiger partial charge in [0, 0.05) is 11.4 Å². The molecule has 1 aliphatic rings. The van der Waals surface area contributed by atoms with Crippen LogP contribution in [0.4, 0.5) is 17.1 Å². The van der Waals surface area contributed by atoms with Gasteiger partial charge in [-0.25, -0.2) is 0 Å². The van der Waals surface area contributed by atoms with Gasteiger partial charge in [0.05, 0.1) is 18.8 Å². The molecule has 5 nitrogen and oxygen atoms in total. The maximum Gasteiger partial charge on any atom is 0.243 e. The molecule has 0 saturated heterocycles. The zero-order valence-corrected chi connectivity index (χ0v) is 15.0. The van der Waals surface area contributed by atoms with Crippen molar-refractivity contribution < 1.29 is 9.53 Å². The monoisotopic (exact) mass is 339 g/mol. The van der Waals surface area contributed by atoms with Crippen LogP contribution in [0.25, 0.3) is 0 Å². The fraction of sp³-hybridized carbons (Fsp3) is 0.350. The Labute approximate surface area is 148 Å². The minimum atomic E-state index is -0.0558. The van der Waals surface area contributed by atoms with Crippen molar-refractivity contribution in [3.8, 4) is 5.75 Å². The summed E-state index contributed by atoms with van der Waals surface area (Å²) in [5, 5.41) is 2.96. The van der Waals surface area contributed by atoms with E-state index in [-0.39, 0.29) is 18.6 Å². The first kappa shape index (κ1) is 17.1. The Bertz CT molecular complexity index is 756. The van der Waals surface area contributed by atoms with Crippen molar-refractivity contribution in [3.05, 3.63) is 48.0 Å². The normalized spacial score (nSPS) is 16.3. The van der Waals surface area contributed by atoms with Crippen LogP contribution in [0.3, 0.4) is 0 Å². The Balaban J connectivity index is 1.70. The van der Waals surface area contributed by atoms with Crippen molar-refractivity contribution in [2.45, 2.75) is 32.8 Å². The molecule has 3 rings (SSSR count). The van der Waals surface area contributed by atoms with Crippen molar-refractivity contribution in [3.63, 3.8) is 0 Å². The summed E-state index contributed by atoms with van der Waals surface area (Å²) in [5.41, 5.74) is 9.47. The molecule has 0 fully saturated rings. The quantitative estimate of drug-likeness (QED) is 0.835. The Kier molecular flexibility index (Phi) is 4.83. The molecule has 5 heteroatoms. The minimum absolute atomic E-state index is 0.0225. The van der Waals surface area contributed by atoms with Gasteiger partial charge in [-0.15, -0.1) is 0 Å². The fourth-order valence-electron chi connectivity index (χ4n) is 3.02. The molecule has 25 heavy (non-hydrogen) atoms. The maximum atomic E-state index is 12.5. The lowest BCUT2D eigenvalue weighted by Crippen LogP contribution is -2.42. The first-order valence-corrected chi connectivity index (χ1v) is 8.63. The Morgan fingerprint density at radius 1 is 1.28 bits per heavy atom. The van der Waals surface area contributed by atoms with Gasteiger partial charge in [0.2, 0.25) is 5.91 Å². The molecule has 2 aromatic rings. The lowest BCUT2D eigenvalue weighted by atomic mass is 10.0. The van der Waals surface area contributed by atoms with E-state index in [1.165, 1.54) is 5.56 Å². The number of benzene rings is 2. The maximum absolute atomic E-state index is 12.5. The lowest BCUT2D eigenvalue weighted by Gasteiger charge is -2.34. The van der Waals surface area contributed by atoms with Crippen molar-refractivity contribution in [2.24, 2.45) is 0 Å². The third-order valence-electron chi connectivity index (χ3n) is 4.32.